The lowest BCUT2D eigenvalue weighted by atomic mass is 10.2. The van der Waals surface area contributed by atoms with Crippen molar-refractivity contribution in [2.24, 2.45) is 5.92 Å². The van der Waals surface area contributed by atoms with E-state index in [-0.39, 0.29) is 0 Å². The molecule has 1 aromatic rings. The number of aromatic nitrogens is 1. The summed E-state index contributed by atoms with van der Waals surface area (Å²) >= 11 is 5.23. The number of halogens is 1. The fourth-order valence-corrected chi connectivity index (χ4v) is 3.02. The van der Waals surface area contributed by atoms with Crippen LogP contribution in [-0.2, 0) is 0 Å². The molecule has 14 heavy (non-hydrogen) atoms. The fourth-order valence-electron chi connectivity index (χ4n) is 1.53. The number of nitrogens with zero attached hydrogens (tertiary/aromatic N) is 1. The molecule has 2 nitrogen and oxygen atoms in total. The van der Waals surface area contributed by atoms with Gasteiger partial charge in [-0.2, -0.15) is 0 Å². The third-order valence-corrected chi connectivity index (χ3v) is 3.92. The largest absolute Gasteiger partial charge is 0.316 e. The minimum absolute atomic E-state index is 0.820. The molecule has 0 unspecified atom stereocenters. The van der Waals surface area contributed by atoms with Crippen molar-refractivity contribution in [3.05, 3.63) is 22.8 Å². The zero-order chi connectivity index (χ0) is 9.80. The Kier molecular flexibility index (Phi) is 3.84. The zero-order valence-corrected chi connectivity index (χ0v) is 10.3. The van der Waals surface area contributed by atoms with Gasteiger partial charge in [-0.15, -0.1) is 11.8 Å². The van der Waals surface area contributed by atoms with E-state index in [0.29, 0.717) is 0 Å². The third kappa shape index (κ3) is 2.97. The van der Waals surface area contributed by atoms with Gasteiger partial charge in [0.15, 0.2) is 0 Å². The van der Waals surface area contributed by atoms with Crippen molar-refractivity contribution in [3.8, 4) is 0 Å². The van der Waals surface area contributed by atoms with Gasteiger partial charge in [-0.3, -0.25) is 0 Å². The monoisotopic (exact) mass is 272 g/mol. The smallest absolute Gasteiger partial charge is 0.107 e. The highest BCUT2D eigenvalue weighted by Crippen LogP contribution is 2.22. The molecule has 0 amide bonds. The van der Waals surface area contributed by atoms with Crippen molar-refractivity contribution in [2.75, 3.05) is 18.8 Å². The first-order valence-corrected chi connectivity index (χ1v) is 6.58. The van der Waals surface area contributed by atoms with Gasteiger partial charge < -0.3 is 5.32 Å². The Morgan fingerprint density at radius 1 is 1.57 bits per heavy atom. The van der Waals surface area contributed by atoms with Crippen molar-refractivity contribution in [3.63, 3.8) is 0 Å². The molecule has 0 aromatic carbocycles. The van der Waals surface area contributed by atoms with Crippen molar-refractivity contribution >= 4 is 27.7 Å². The fraction of sp³-hybridized carbons (Fsp3) is 0.500. The molecule has 1 aromatic heterocycles. The van der Waals surface area contributed by atoms with Crippen molar-refractivity contribution in [2.45, 2.75) is 11.4 Å². The number of hydrogen-bond donors (Lipinski definition) is 1. The van der Waals surface area contributed by atoms with Crippen LogP contribution in [0.3, 0.4) is 0 Å². The Morgan fingerprint density at radius 3 is 3.21 bits per heavy atom. The molecule has 1 aliphatic rings. The Labute approximate surface area is 97.0 Å². The van der Waals surface area contributed by atoms with Crippen molar-refractivity contribution in [1.29, 1.82) is 0 Å². The van der Waals surface area contributed by atoms with Crippen LogP contribution < -0.4 is 5.32 Å². The van der Waals surface area contributed by atoms with Gasteiger partial charge in [0.1, 0.15) is 4.60 Å². The van der Waals surface area contributed by atoms with Gasteiger partial charge in [-0.25, -0.2) is 4.98 Å². The van der Waals surface area contributed by atoms with Gasteiger partial charge in [0, 0.05) is 5.75 Å². The Morgan fingerprint density at radius 2 is 2.50 bits per heavy atom. The molecule has 4 heteroatoms. The van der Waals surface area contributed by atoms with E-state index in [1.807, 2.05) is 23.9 Å². The van der Waals surface area contributed by atoms with E-state index in [4.69, 9.17) is 0 Å². The first-order valence-electron chi connectivity index (χ1n) is 4.80. The lowest BCUT2D eigenvalue weighted by molar-refractivity contribution is 0.662. The molecular formula is C10H13BrN2S. The molecule has 1 atom stereocenters. The number of hydrogen-bond acceptors (Lipinski definition) is 3. The molecule has 76 valence electrons. The van der Waals surface area contributed by atoms with E-state index in [0.717, 1.165) is 15.5 Å². The van der Waals surface area contributed by atoms with E-state index in [9.17, 15) is 0 Å². The highest BCUT2D eigenvalue weighted by atomic mass is 79.9. The SMILES string of the molecule is Brc1cccc(SC[C@@H]2CCNC2)n1. The van der Waals surface area contributed by atoms with Crippen LogP contribution in [0.2, 0.25) is 0 Å². The summed E-state index contributed by atoms with van der Waals surface area (Å²) in [6.45, 7) is 2.35. The number of pyridine rings is 1. The van der Waals surface area contributed by atoms with E-state index >= 15 is 0 Å². The third-order valence-electron chi connectivity index (χ3n) is 2.32. The molecule has 0 spiro atoms. The summed E-state index contributed by atoms with van der Waals surface area (Å²) in [7, 11) is 0. The van der Waals surface area contributed by atoms with Gasteiger partial charge in [0.2, 0.25) is 0 Å². The number of rotatable bonds is 3. The van der Waals surface area contributed by atoms with Gasteiger partial charge in [-0.1, -0.05) is 6.07 Å². The second-order valence-corrected chi connectivity index (χ2v) is 5.32. The quantitative estimate of drug-likeness (QED) is 0.676. The van der Waals surface area contributed by atoms with Crippen molar-refractivity contribution < 1.29 is 0 Å². The van der Waals surface area contributed by atoms with Crippen LogP contribution in [-0.4, -0.2) is 23.8 Å². The molecule has 1 N–H and O–H groups in total. The normalized spacial score (nSPS) is 21.4. The summed E-state index contributed by atoms with van der Waals surface area (Å²) in [5.74, 6) is 2.00. The zero-order valence-electron chi connectivity index (χ0n) is 7.87. The van der Waals surface area contributed by atoms with Gasteiger partial charge >= 0.3 is 0 Å². The maximum absolute atomic E-state index is 4.39. The number of nitrogens with one attached hydrogen (secondary N) is 1. The molecule has 1 saturated heterocycles. The highest BCUT2D eigenvalue weighted by molar-refractivity contribution is 9.10. The molecule has 1 fully saturated rings. The number of thioether (sulfide) groups is 1. The van der Waals surface area contributed by atoms with E-state index in [1.165, 1.54) is 25.3 Å². The molecule has 0 saturated carbocycles. The predicted octanol–water partition coefficient (Wildman–Crippen LogP) is 2.55. The van der Waals surface area contributed by atoms with Gasteiger partial charge in [-0.05, 0) is 53.5 Å². The standard InChI is InChI=1S/C10H13BrN2S/c11-9-2-1-3-10(13-9)14-7-8-4-5-12-6-8/h1-3,8,12H,4-7H2/t8-/m1/s1. The Hall–Kier alpha value is -0.0600. The van der Waals surface area contributed by atoms with E-state index < -0.39 is 0 Å². The molecule has 2 rings (SSSR count). The molecule has 1 aliphatic heterocycles. The van der Waals surface area contributed by atoms with Crippen LogP contribution >= 0.6 is 27.7 Å². The average molecular weight is 273 g/mol. The molecule has 2 heterocycles. The van der Waals surface area contributed by atoms with Gasteiger partial charge in [0.05, 0.1) is 5.03 Å². The molecule has 0 aliphatic carbocycles. The Balaban J connectivity index is 1.85. The maximum Gasteiger partial charge on any atom is 0.107 e. The van der Waals surface area contributed by atoms with Crippen LogP contribution in [0.5, 0.6) is 0 Å². The molecular weight excluding hydrogens is 260 g/mol. The summed E-state index contributed by atoms with van der Waals surface area (Å²) in [6, 6.07) is 6.06. The lowest BCUT2D eigenvalue weighted by Crippen LogP contribution is -2.10. The van der Waals surface area contributed by atoms with E-state index in [1.54, 1.807) is 0 Å². The first-order chi connectivity index (χ1) is 6.84. The van der Waals surface area contributed by atoms with Crippen LogP contribution in [0.1, 0.15) is 6.42 Å². The topological polar surface area (TPSA) is 24.9 Å². The Bertz CT molecular complexity index is 300. The van der Waals surface area contributed by atoms with Crippen LogP contribution in [0.15, 0.2) is 27.8 Å². The summed E-state index contributed by atoms with van der Waals surface area (Å²) < 4.78 is 0.923. The molecule has 0 bridgehead atoms. The molecule has 0 radical (unpaired) electrons. The van der Waals surface area contributed by atoms with Crippen LogP contribution in [0, 0.1) is 5.92 Å². The second kappa shape index (κ2) is 5.14. The minimum Gasteiger partial charge on any atom is -0.316 e. The summed E-state index contributed by atoms with van der Waals surface area (Å²) in [5, 5.41) is 4.49. The van der Waals surface area contributed by atoms with Gasteiger partial charge in [0.25, 0.3) is 0 Å². The van der Waals surface area contributed by atoms with E-state index in [2.05, 4.69) is 32.3 Å². The maximum atomic E-state index is 4.39. The highest BCUT2D eigenvalue weighted by Gasteiger charge is 2.14. The van der Waals surface area contributed by atoms with Crippen molar-refractivity contribution in [1.82, 2.24) is 10.3 Å². The van der Waals surface area contributed by atoms with Crippen LogP contribution in [0.4, 0.5) is 0 Å². The summed E-state index contributed by atoms with van der Waals surface area (Å²) in [6.07, 6.45) is 1.31. The average Bonchev–Trinajstić information content (AvgIpc) is 2.67. The minimum atomic E-state index is 0.820. The predicted molar refractivity (Wildman–Crippen MR) is 63.6 cm³/mol. The first kappa shape index (κ1) is 10.5. The summed E-state index contributed by atoms with van der Waals surface area (Å²) in [5.41, 5.74) is 0. The lowest BCUT2D eigenvalue weighted by Gasteiger charge is -2.06. The summed E-state index contributed by atoms with van der Waals surface area (Å²) in [4.78, 5) is 4.39. The van der Waals surface area contributed by atoms with Crippen LogP contribution in [0.25, 0.3) is 0 Å². The second-order valence-electron chi connectivity index (χ2n) is 3.47.